The Kier molecular flexibility index (Phi) is 7.95. The van der Waals surface area contributed by atoms with Gasteiger partial charge in [0.05, 0.1) is 6.54 Å². The lowest BCUT2D eigenvalue weighted by Gasteiger charge is -2.27. The van der Waals surface area contributed by atoms with E-state index in [2.05, 4.69) is 38.9 Å². The van der Waals surface area contributed by atoms with Crippen molar-refractivity contribution in [2.24, 2.45) is 4.99 Å². The zero-order valence-electron chi connectivity index (χ0n) is 16.5. The van der Waals surface area contributed by atoms with Crippen LogP contribution < -0.4 is 10.6 Å². The zero-order valence-corrected chi connectivity index (χ0v) is 17.3. The fourth-order valence-corrected chi connectivity index (χ4v) is 4.62. The summed E-state index contributed by atoms with van der Waals surface area (Å²) in [6.07, 6.45) is 5.49. The molecule has 27 heavy (non-hydrogen) atoms. The Morgan fingerprint density at radius 3 is 2.89 bits per heavy atom. The number of likely N-dealkylation sites (tertiary alicyclic amines) is 1. The highest BCUT2D eigenvalue weighted by Crippen LogP contribution is 2.24. The molecule has 0 radical (unpaired) electrons. The van der Waals surface area contributed by atoms with E-state index in [0.717, 1.165) is 45.1 Å². The summed E-state index contributed by atoms with van der Waals surface area (Å²) in [7, 11) is 0. The quantitative estimate of drug-likeness (QED) is 0.552. The number of carbonyl (C=O) groups is 1. The minimum Gasteiger partial charge on any atom is -0.357 e. The maximum Gasteiger partial charge on any atom is 0.224 e. The number of nitrogens with one attached hydrogen (secondary N) is 2. The number of piperidine rings is 1. The van der Waals surface area contributed by atoms with Crippen molar-refractivity contribution in [2.45, 2.75) is 45.6 Å². The summed E-state index contributed by atoms with van der Waals surface area (Å²) < 4.78 is 0. The van der Waals surface area contributed by atoms with Crippen molar-refractivity contribution in [3.8, 4) is 0 Å². The first-order chi connectivity index (χ1) is 13.3. The van der Waals surface area contributed by atoms with E-state index in [4.69, 9.17) is 0 Å². The predicted molar refractivity (Wildman–Crippen MR) is 112 cm³/mol. The lowest BCUT2D eigenvalue weighted by Crippen LogP contribution is -2.41. The highest BCUT2D eigenvalue weighted by molar-refractivity contribution is 7.10. The number of thiophene rings is 1. The van der Waals surface area contributed by atoms with Gasteiger partial charge in [-0.3, -0.25) is 9.79 Å². The number of hydrogen-bond acceptors (Lipinski definition) is 4. The minimum atomic E-state index is 0.225. The SMILES string of the molecule is CCNC(=NCCN1CCCCC1)NCCC(=O)N1CCc2sccc2C1. The van der Waals surface area contributed by atoms with E-state index in [9.17, 15) is 4.79 Å². The summed E-state index contributed by atoms with van der Waals surface area (Å²) in [5, 5.41) is 8.73. The number of carbonyl (C=O) groups excluding carboxylic acids is 1. The van der Waals surface area contributed by atoms with Crippen LogP contribution in [0.1, 0.15) is 43.0 Å². The van der Waals surface area contributed by atoms with Gasteiger partial charge in [-0.25, -0.2) is 0 Å². The van der Waals surface area contributed by atoms with Crippen LogP contribution in [-0.4, -0.2) is 67.5 Å². The Labute approximate surface area is 167 Å². The third-order valence-electron chi connectivity index (χ3n) is 5.27. The smallest absolute Gasteiger partial charge is 0.224 e. The summed E-state index contributed by atoms with van der Waals surface area (Å²) in [6.45, 7) is 9.36. The molecule has 3 heterocycles. The number of aliphatic imine (C=N–C) groups is 1. The van der Waals surface area contributed by atoms with Gasteiger partial charge in [0.1, 0.15) is 0 Å². The van der Waals surface area contributed by atoms with E-state index in [1.807, 2.05) is 4.90 Å². The van der Waals surface area contributed by atoms with Gasteiger partial charge in [-0.2, -0.15) is 0 Å². The Bertz CT molecular complexity index is 624. The lowest BCUT2D eigenvalue weighted by molar-refractivity contribution is -0.131. The molecule has 6 nitrogen and oxygen atoms in total. The third kappa shape index (κ3) is 6.21. The summed E-state index contributed by atoms with van der Waals surface area (Å²) >= 11 is 1.81. The van der Waals surface area contributed by atoms with Gasteiger partial charge in [0.15, 0.2) is 5.96 Å². The van der Waals surface area contributed by atoms with Gasteiger partial charge >= 0.3 is 0 Å². The molecule has 0 saturated carbocycles. The molecule has 0 aromatic carbocycles. The second-order valence-corrected chi connectivity index (χ2v) is 8.27. The molecule has 0 aliphatic carbocycles. The number of fused-ring (bicyclic) bond motifs is 1. The molecule has 150 valence electrons. The molecule has 0 atom stereocenters. The fraction of sp³-hybridized carbons (Fsp3) is 0.700. The largest absolute Gasteiger partial charge is 0.357 e. The minimum absolute atomic E-state index is 0.225. The number of guanidine groups is 1. The molecule has 1 fully saturated rings. The maximum atomic E-state index is 12.5. The summed E-state index contributed by atoms with van der Waals surface area (Å²) in [5.41, 5.74) is 1.32. The number of rotatable bonds is 7. The standard InChI is InChI=1S/C20H33N5OS/c1-2-21-20(23-10-14-24-11-4-3-5-12-24)22-9-6-19(26)25-13-7-18-17(16-25)8-15-27-18/h8,15H,2-7,9-14,16H2,1H3,(H2,21,22,23). The van der Waals surface area contributed by atoms with Gasteiger partial charge in [0.2, 0.25) is 5.91 Å². The van der Waals surface area contributed by atoms with Crippen molar-refractivity contribution in [3.63, 3.8) is 0 Å². The van der Waals surface area contributed by atoms with E-state index in [-0.39, 0.29) is 5.91 Å². The van der Waals surface area contributed by atoms with Crippen LogP contribution in [0, 0.1) is 0 Å². The predicted octanol–water partition coefficient (Wildman–Crippen LogP) is 2.06. The monoisotopic (exact) mass is 391 g/mol. The molecule has 2 N–H and O–H groups in total. The van der Waals surface area contributed by atoms with Crippen LogP contribution in [0.2, 0.25) is 0 Å². The van der Waals surface area contributed by atoms with Crippen LogP contribution in [0.5, 0.6) is 0 Å². The van der Waals surface area contributed by atoms with E-state index in [1.54, 1.807) is 11.3 Å². The van der Waals surface area contributed by atoms with Crippen LogP contribution in [0.25, 0.3) is 0 Å². The second kappa shape index (κ2) is 10.7. The van der Waals surface area contributed by atoms with Gasteiger partial charge in [-0.15, -0.1) is 11.3 Å². The van der Waals surface area contributed by atoms with Crippen molar-refractivity contribution in [1.82, 2.24) is 20.4 Å². The number of nitrogens with zero attached hydrogens (tertiary/aromatic N) is 3. The van der Waals surface area contributed by atoms with E-state index < -0.39 is 0 Å². The highest BCUT2D eigenvalue weighted by Gasteiger charge is 2.21. The fourth-order valence-electron chi connectivity index (χ4n) is 3.74. The van der Waals surface area contributed by atoms with Crippen molar-refractivity contribution < 1.29 is 4.79 Å². The Balaban J connectivity index is 1.38. The normalized spacial score (nSPS) is 18.3. The molecule has 7 heteroatoms. The molecule has 1 saturated heterocycles. The molecule has 3 rings (SSSR count). The maximum absolute atomic E-state index is 12.5. The second-order valence-electron chi connectivity index (χ2n) is 7.27. The van der Waals surface area contributed by atoms with Crippen molar-refractivity contribution in [3.05, 3.63) is 21.9 Å². The highest BCUT2D eigenvalue weighted by atomic mass is 32.1. The molecule has 1 aromatic heterocycles. The van der Waals surface area contributed by atoms with Gasteiger partial charge in [0, 0.05) is 44.0 Å². The first kappa shape index (κ1) is 20.1. The first-order valence-electron chi connectivity index (χ1n) is 10.3. The molecule has 0 bridgehead atoms. The van der Waals surface area contributed by atoms with Crippen LogP contribution in [0.15, 0.2) is 16.4 Å². The van der Waals surface area contributed by atoms with Crippen LogP contribution in [0.3, 0.4) is 0 Å². The van der Waals surface area contributed by atoms with E-state index in [0.29, 0.717) is 13.0 Å². The number of amides is 1. The average molecular weight is 392 g/mol. The Morgan fingerprint density at radius 2 is 2.07 bits per heavy atom. The molecule has 2 aliphatic rings. The average Bonchev–Trinajstić information content (AvgIpc) is 3.16. The molecular weight excluding hydrogens is 358 g/mol. The molecule has 0 spiro atoms. The van der Waals surface area contributed by atoms with E-state index >= 15 is 0 Å². The lowest BCUT2D eigenvalue weighted by atomic mass is 10.1. The summed E-state index contributed by atoms with van der Waals surface area (Å²) in [5.74, 6) is 1.05. The Morgan fingerprint density at radius 1 is 1.22 bits per heavy atom. The van der Waals surface area contributed by atoms with Crippen molar-refractivity contribution in [2.75, 3.05) is 45.8 Å². The van der Waals surface area contributed by atoms with Crippen LogP contribution in [0.4, 0.5) is 0 Å². The van der Waals surface area contributed by atoms with Crippen LogP contribution in [-0.2, 0) is 17.8 Å². The molecule has 2 aliphatic heterocycles. The van der Waals surface area contributed by atoms with E-state index in [1.165, 1.54) is 42.8 Å². The van der Waals surface area contributed by atoms with Gasteiger partial charge < -0.3 is 20.4 Å². The van der Waals surface area contributed by atoms with Gasteiger partial charge in [-0.05, 0) is 56.3 Å². The zero-order chi connectivity index (χ0) is 18.9. The first-order valence-corrected chi connectivity index (χ1v) is 11.2. The summed E-state index contributed by atoms with van der Waals surface area (Å²) in [6, 6.07) is 2.15. The third-order valence-corrected chi connectivity index (χ3v) is 6.29. The topological polar surface area (TPSA) is 60.0 Å². The van der Waals surface area contributed by atoms with Gasteiger partial charge in [0.25, 0.3) is 0 Å². The van der Waals surface area contributed by atoms with Crippen molar-refractivity contribution in [1.29, 1.82) is 0 Å². The molecule has 0 unspecified atom stereocenters. The summed E-state index contributed by atoms with van der Waals surface area (Å²) in [4.78, 5) is 23.1. The Hall–Kier alpha value is -1.60. The van der Waals surface area contributed by atoms with Crippen LogP contribution >= 0.6 is 11.3 Å². The molecular formula is C20H33N5OS. The molecule has 1 amide bonds. The number of hydrogen-bond donors (Lipinski definition) is 2. The van der Waals surface area contributed by atoms with Gasteiger partial charge in [-0.1, -0.05) is 6.42 Å². The molecule has 1 aromatic rings. The van der Waals surface area contributed by atoms with Crippen molar-refractivity contribution >= 4 is 23.2 Å².